The molecule has 3 aromatic carbocycles. The summed E-state index contributed by atoms with van der Waals surface area (Å²) in [6.45, 7) is 3.89. The number of piperazine rings is 1. The number of ether oxygens (including phenoxy) is 2. The first kappa shape index (κ1) is 28.2. The fourth-order valence-electron chi connectivity index (χ4n) is 5.13. The van der Waals surface area contributed by atoms with Crippen LogP contribution in [0.15, 0.2) is 60.7 Å². The highest BCUT2D eigenvalue weighted by molar-refractivity contribution is 6.04. The van der Waals surface area contributed by atoms with Gasteiger partial charge in [-0.15, -0.1) is 0 Å². The molecule has 3 N–H and O–H groups in total. The number of nitrogens with one attached hydrogen (secondary N) is 3. The molecule has 11 heteroatoms. The Kier molecular flexibility index (Phi) is 8.83. The van der Waals surface area contributed by atoms with E-state index in [4.69, 9.17) is 9.47 Å². The number of carbonyl (C=O) groups is 2. The Morgan fingerprint density at radius 1 is 0.902 bits per heavy atom. The second-order valence-electron chi connectivity index (χ2n) is 9.93. The van der Waals surface area contributed by atoms with Crippen LogP contribution in [0.25, 0.3) is 0 Å². The minimum Gasteiger partial charge on any atom is -0.495 e. The van der Waals surface area contributed by atoms with Crippen molar-refractivity contribution in [3.8, 4) is 5.75 Å². The normalized spacial score (nSPS) is 16.8. The topological polar surface area (TPSA) is 95.2 Å². The SMILES string of the molecule is COc1ccccc1N1CCN(c2ccc(NC(=O)Nc3ccc(F)c(F)c3)cc2C(=O)NCC2CCCO2)CC1. The molecular formula is C30H33F2N5O4. The number of urea groups is 1. The van der Waals surface area contributed by atoms with Crippen LogP contribution >= 0.6 is 0 Å². The quantitative estimate of drug-likeness (QED) is 0.362. The number of methoxy groups -OCH3 is 1. The molecule has 0 bridgehead atoms. The number of para-hydroxylation sites is 2. The summed E-state index contributed by atoms with van der Waals surface area (Å²) in [5.74, 6) is -1.53. The minimum atomic E-state index is -1.07. The Balaban J connectivity index is 1.31. The van der Waals surface area contributed by atoms with Gasteiger partial charge in [0.1, 0.15) is 5.75 Å². The van der Waals surface area contributed by atoms with Gasteiger partial charge in [-0.1, -0.05) is 12.1 Å². The highest BCUT2D eigenvalue weighted by Crippen LogP contribution is 2.31. The third-order valence-electron chi connectivity index (χ3n) is 7.24. The summed E-state index contributed by atoms with van der Waals surface area (Å²) in [6, 6.07) is 15.5. The number of benzene rings is 3. The Morgan fingerprint density at radius 3 is 2.27 bits per heavy atom. The van der Waals surface area contributed by atoms with E-state index in [0.717, 1.165) is 55.2 Å². The summed E-state index contributed by atoms with van der Waals surface area (Å²) in [5.41, 5.74) is 2.67. The number of hydrogen-bond donors (Lipinski definition) is 3. The number of carbonyl (C=O) groups excluding carboxylic acids is 2. The molecule has 0 aromatic heterocycles. The van der Waals surface area contributed by atoms with Gasteiger partial charge >= 0.3 is 6.03 Å². The van der Waals surface area contributed by atoms with E-state index in [9.17, 15) is 18.4 Å². The molecular weight excluding hydrogens is 532 g/mol. The van der Waals surface area contributed by atoms with Gasteiger partial charge in [-0.05, 0) is 55.3 Å². The van der Waals surface area contributed by atoms with Crippen LogP contribution < -0.4 is 30.5 Å². The third kappa shape index (κ3) is 6.86. The van der Waals surface area contributed by atoms with E-state index in [1.165, 1.54) is 6.07 Å². The molecule has 0 saturated carbocycles. The number of hydrogen-bond acceptors (Lipinski definition) is 6. The first-order chi connectivity index (χ1) is 19.9. The molecule has 0 radical (unpaired) electrons. The van der Waals surface area contributed by atoms with Gasteiger partial charge in [0.05, 0.1) is 24.5 Å². The Morgan fingerprint density at radius 2 is 1.59 bits per heavy atom. The Hall–Kier alpha value is -4.38. The van der Waals surface area contributed by atoms with Crippen molar-refractivity contribution in [3.63, 3.8) is 0 Å². The minimum absolute atomic E-state index is 0.0185. The van der Waals surface area contributed by atoms with E-state index in [0.29, 0.717) is 37.5 Å². The number of halogens is 2. The zero-order chi connectivity index (χ0) is 28.8. The predicted molar refractivity (Wildman–Crippen MR) is 154 cm³/mol. The molecule has 2 aliphatic heterocycles. The average molecular weight is 566 g/mol. The van der Waals surface area contributed by atoms with Crippen LogP contribution in [-0.2, 0) is 4.74 Å². The van der Waals surface area contributed by atoms with Gasteiger partial charge in [-0.3, -0.25) is 4.79 Å². The number of rotatable bonds is 8. The first-order valence-corrected chi connectivity index (χ1v) is 13.6. The third-order valence-corrected chi connectivity index (χ3v) is 7.24. The monoisotopic (exact) mass is 565 g/mol. The lowest BCUT2D eigenvalue weighted by molar-refractivity contribution is 0.0858. The molecule has 41 heavy (non-hydrogen) atoms. The highest BCUT2D eigenvalue weighted by atomic mass is 19.2. The van der Waals surface area contributed by atoms with Crippen molar-refractivity contribution >= 4 is 34.7 Å². The van der Waals surface area contributed by atoms with Crippen molar-refractivity contribution in [2.45, 2.75) is 18.9 Å². The zero-order valence-corrected chi connectivity index (χ0v) is 22.8. The van der Waals surface area contributed by atoms with Gasteiger partial charge < -0.3 is 35.2 Å². The van der Waals surface area contributed by atoms with Crippen LogP contribution in [0.5, 0.6) is 5.75 Å². The van der Waals surface area contributed by atoms with E-state index < -0.39 is 17.7 Å². The van der Waals surface area contributed by atoms with Crippen molar-refractivity contribution in [1.82, 2.24) is 5.32 Å². The maximum absolute atomic E-state index is 13.5. The van der Waals surface area contributed by atoms with E-state index in [1.54, 1.807) is 19.2 Å². The summed E-state index contributed by atoms with van der Waals surface area (Å²) in [5, 5.41) is 8.13. The summed E-state index contributed by atoms with van der Waals surface area (Å²) in [6.07, 6.45) is 1.84. The summed E-state index contributed by atoms with van der Waals surface area (Å²) in [4.78, 5) is 30.4. The molecule has 2 heterocycles. The lowest BCUT2D eigenvalue weighted by Gasteiger charge is -2.38. The molecule has 3 amide bonds. The van der Waals surface area contributed by atoms with E-state index >= 15 is 0 Å². The van der Waals surface area contributed by atoms with Crippen molar-refractivity contribution in [3.05, 3.63) is 77.9 Å². The molecule has 9 nitrogen and oxygen atoms in total. The molecule has 2 aliphatic rings. The maximum atomic E-state index is 13.5. The standard InChI is InChI=1S/C30H33F2N5O4/c1-40-28-7-3-2-6-27(28)37-14-12-36(13-15-37)26-11-9-20(17-23(26)29(38)33-19-22-5-4-16-41-22)34-30(39)35-21-8-10-24(31)25(32)18-21/h2-3,6-11,17-18,22H,4-5,12-16,19H2,1H3,(H,33,38)(H2,34,35,39). The first-order valence-electron chi connectivity index (χ1n) is 13.6. The van der Waals surface area contributed by atoms with Gasteiger partial charge in [0.2, 0.25) is 0 Å². The van der Waals surface area contributed by atoms with Gasteiger partial charge in [-0.2, -0.15) is 0 Å². The molecule has 0 aliphatic carbocycles. The van der Waals surface area contributed by atoms with Crippen molar-refractivity contribution in [2.24, 2.45) is 0 Å². The Bertz CT molecular complexity index is 1390. The van der Waals surface area contributed by atoms with Gasteiger partial charge in [0.15, 0.2) is 11.6 Å². The van der Waals surface area contributed by atoms with Crippen LogP contribution in [0.3, 0.4) is 0 Å². The van der Waals surface area contributed by atoms with Gasteiger partial charge in [-0.25, -0.2) is 13.6 Å². The smallest absolute Gasteiger partial charge is 0.323 e. The highest BCUT2D eigenvalue weighted by Gasteiger charge is 2.25. The van der Waals surface area contributed by atoms with E-state index in [-0.39, 0.29) is 17.7 Å². The maximum Gasteiger partial charge on any atom is 0.323 e. The summed E-state index contributed by atoms with van der Waals surface area (Å²) < 4.78 is 38.0. The van der Waals surface area contributed by atoms with Crippen LogP contribution in [0.2, 0.25) is 0 Å². The molecule has 5 rings (SSSR count). The fourth-order valence-corrected chi connectivity index (χ4v) is 5.13. The molecule has 1 atom stereocenters. The van der Waals surface area contributed by atoms with Gasteiger partial charge in [0, 0.05) is 62.5 Å². The van der Waals surface area contributed by atoms with Crippen LogP contribution in [0.4, 0.5) is 36.3 Å². The van der Waals surface area contributed by atoms with Gasteiger partial charge in [0.25, 0.3) is 5.91 Å². The summed E-state index contributed by atoms with van der Waals surface area (Å²) in [7, 11) is 1.66. The van der Waals surface area contributed by atoms with Crippen LogP contribution in [-0.4, -0.2) is 64.5 Å². The zero-order valence-electron chi connectivity index (χ0n) is 22.8. The second-order valence-corrected chi connectivity index (χ2v) is 9.93. The van der Waals surface area contributed by atoms with E-state index in [2.05, 4.69) is 25.8 Å². The molecule has 216 valence electrons. The predicted octanol–water partition coefficient (Wildman–Crippen LogP) is 4.85. The van der Waals surface area contributed by atoms with Crippen LogP contribution in [0.1, 0.15) is 23.2 Å². The number of amides is 3. The number of anilines is 4. The average Bonchev–Trinajstić information content (AvgIpc) is 3.52. The lowest BCUT2D eigenvalue weighted by Crippen LogP contribution is -2.47. The molecule has 3 aromatic rings. The van der Waals surface area contributed by atoms with Crippen LogP contribution in [0, 0.1) is 11.6 Å². The second kappa shape index (κ2) is 12.9. The largest absolute Gasteiger partial charge is 0.495 e. The fraction of sp³-hybridized carbons (Fsp3) is 0.333. The van der Waals surface area contributed by atoms with Crippen molar-refractivity contribution in [2.75, 3.05) is 66.9 Å². The number of nitrogens with zero attached hydrogens (tertiary/aromatic N) is 2. The lowest BCUT2D eigenvalue weighted by atomic mass is 10.1. The Labute approximate surface area is 237 Å². The molecule has 2 fully saturated rings. The molecule has 2 saturated heterocycles. The van der Waals surface area contributed by atoms with Crippen molar-refractivity contribution in [1.29, 1.82) is 0 Å². The van der Waals surface area contributed by atoms with E-state index in [1.807, 2.05) is 30.3 Å². The van der Waals surface area contributed by atoms with Crippen molar-refractivity contribution < 1.29 is 27.8 Å². The summed E-state index contributed by atoms with van der Waals surface area (Å²) >= 11 is 0. The molecule has 1 unspecified atom stereocenters. The molecule has 0 spiro atoms.